The SMILES string of the molecule is CCS(=O)(=O)c1ccc(Oc2cc(Cl)ccc2OCC(=O)[O-])cc1.[Na+]. The Bertz CT molecular complexity index is 836. The second kappa shape index (κ2) is 9.45. The topological polar surface area (TPSA) is 92.7 Å². The molecule has 128 valence electrons. The molecule has 9 heteroatoms. The van der Waals surface area contributed by atoms with Gasteiger partial charge in [-0.05, 0) is 36.4 Å². The van der Waals surface area contributed by atoms with Crippen molar-refractivity contribution >= 4 is 27.4 Å². The Morgan fingerprint density at radius 1 is 1.12 bits per heavy atom. The summed E-state index contributed by atoms with van der Waals surface area (Å²) < 4.78 is 34.2. The molecule has 0 bridgehead atoms. The van der Waals surface area contributed by atoms with Crippen LogP contribution in [0.4, 0.5) is 0 Å². The average molecular weight is 393 g/mol. The molecule has 0 N–H and O–H groups in total. The van der Waals surface area contributed by atoms with Crippen molar-refractivity contribution in [3.8, 4) is 17.2 Å². The van der Waals surface area contributed by atoms with E-state index in [0.29, 0.717) is 10.8 Å². The molecular formula is C16H14ClNaO6S. The number of rotatable bonds is 7. The van der Waals surface area contributed by atoms with Gasteiger partial charge in [0, 0.05) is 11.1 Å². The monoisotopic (exact) mass is 392 g/mol. The summed E-state index contributed by atoms with van der Waals surface area (Å²) in [5.74, 6) is -0.637. The number of carboxylic acid groups (broad SMARTS) is 1. The van der Waals surface area contributed by atoms with E-state index >= 15 is 0 Å². The van der Waals surface area contributed by atoms with Gasteiger partial charge in [0.25, 0.3) is 0 Å². The van der Waals surface area contributed by atoms with Crippen LogP contribution in [0.15, 0.2) is 47.4 Å². The van der Waals surface area contributed by atoms with Gasteiger partial charge in [0.05, 0.1) is 16.6 Å². The third-order valence-electron chi connectivity index (χ3n) is 3.04. The summed E-state index contributed by atoms with van der Waals surface area (Å²) in [5.41, 5.74) is 0. The predicted octanol–water partition coefficient (Wildman–Crippen LogP) is -0.941. The van der Waals surface area contributed by atoms with Crippen molar-refractivity contribution in [2.75, 3.05) is 12.4 Å². The molecule has 0 aliphatic carbocycles. The Kier molecular flexibility index (Phi) is 8.24. The fourth-order valence-electron chi connectivity index (χ4n) is 1.83. The van der Waals surface area contributed by atoms with Gasteiger partial charge in [-0.1, -0.05) is 18.5 Å². The Hall–Kier alpha value is -1.25. The van der Waals surface area contributed by atoms with Gasteiger partial charge in [0.15, 0.2) is 21.3 Å². The van der Waals surface area contributed by atoms with Crippen LogP contribution in [0, 0.1) is 0 Å². The number of benzene rings is 2. The molecule has 0 spiro atoms. The Morgan fingerprint density at radius 2 is 1.76 bits per heavy atom. The molecule has 0 saturated carbocycles. The minimum absolute atomic E-state index is 0. The molecule has 0 aliphatic heterocycles. The second-order valence-electron chi connectivity index (χ2n) is 4.73. The smallest absolute Gasteiger partial charge is 0.546 e. The third kappa shape index (κ3) is 6.20. The molecule has 0 fully saturated rings. The average Bonchev–Trinajstić information content (AvgIpc) is 2.54. The van der Waals surface area contributed by atoms with Gasteiger partial charge in [-0.3, -0.25) is 0 Å². The molecule has 6 nitrogen and oxygen atoms in total. The van der Waals surface area contributed by atoms with E-state index in [1.807, 2.05) is 0 Å². The molecule has 0 saturated heterocycles. The van der Waals surface area contributed by atoms with E-state index in [2.05, 4.69) is 0 Å². The van der Waals surface area contributed by atoms with Crippen LogP contribution in [0.25, 0.3) is 0 Å². The van der Waals surface area contributed by atoms with Crippen molar-refractivity contribution in [2.24, 2.45) is 0 Å². The van der Waals surface area contributed by atoms with E-state index in [1.165, 1.54) is 42.5 Å². The molecule has 0 aliphatic rings. The fraction of sp³-hybridized carbons (Fsp3) is 0.188. The molecule has 0 amide bonds. The van der Waals surface area contributed by atoms with E-state index in [1.54, 1.807) is 6.92 Å². The van der Waals surface area contributed by atoms with Crippen molar-refractivity contribution < 1.29 is 57.3 Å². The van der Waals surface area contributed by atoms with Crippen LogP contribution >= 0.6 is 11.6 Å². The molecule has 0 heterocycles. The fourth-order valence-corrected chi connectivity index (χ4v) is 2.87. The molecule has 0 aromatic heterocycles. The number of sulfone groups is 1. The third-order valence-corrected chi connectivity index (χ3v) is 5.03. The van der Waals surface area contributed by atoms with Gasteiger partial charge in [-0.15, -0.1) is 0 Å². The van der Waals surface area contributed by atoms with Crippen LogP contribution in [0.5, 0.6) is 17.2 Å². The minimum atomic E-state index is -3.29. The zero-order valence-electron chi connectivity index (χ0n) is 13.7. The van der Waals surface area contributed by atoms with E-state index in [-0.39, 0.29) is 51.7 Å². The second-order valence-corrected chi connectivity index (χ2v) is 7.44. The van der Waals surface area contributed by atoms with Gasteiger partial charge in [-0.25, -0.2) is 8.42 Å². The Morgan fingerprint density at radius 3 is 2.32 bits per heavy atom. The van der Waals surface area contributed by atoms with E-state index in [4.69, 9.17) is 21.1 Å². The van der Waals surface area contributed by atoms with Crippen LogP contribution in [-0.2, 0) is 14.6 Å². The van der Waals surface area contributed by atoms with E-state index < -0.39 is 22.4 Å². The summed E-state index contributed by atoms with van der Waals surface area (Å²) in [6, 6.07) is 10.3. The maximum Gasteiger partial charge on any atom is 1.00 e. The molecule has 2 rings (SSSR count). The summed E-state index contributed by atoms with van der Waals surface area (Å²) in [4.78, 5) is 10.7. The maximum atomic E-state index is 11.8. The summed E-state index contributed by atoms with van der Waals surface area (Å²) in [6.45, 7) is 0.929. The Balaban J connectivity index is 0.00000312. The first-order valence-electron chi connectivity index (χ1n) is 6.94. The summed E-state index contributed by atoms with van der Waals surface area (Å²) >= 11 is 5.91. The number of carbonyl (C=O) groups is 1. The van der Waals surface area contributed by atoms with Crippen LogP contribution in [0.1, 0.15) is 6.92 Å². The quantitative estimate of drug-likeness (QED) is 0.565. The van der Waals surface area contributed by atoms with Gasteiger partial charge in [0.2, 0.25) is 0 Å². The van der Waals surface area contributed by atoms with Gasteiger partial charge < -0.3 is 19.4 Å². The van der Waals surface area contributed by atoms with Gasteiger partial charge in [-0.2, -0.15) is 0 Å². The molecule has 2 aromatic rings. The standard InChI is InChI=1S/C16H15ClO6S.Na/c1-2-24(20,21)13-6-4-12(5-7-13)23-15-9-11(17)3-8-14(15)22-10-16(18)19;/h3-9H,2,10H2,1H3,(H,18,19);/q;+1/p-1. The first kappa shape index (κ1) is 21.8. The van der Waals surface area contributed by atoms with Gasteiger partial charge in [0.1, 0.15) is 12.4 Å². The summed E-state index contributed by atoms with van der Waals surface area (Å²) in [7, 11) is -3.29. The number of carboxylic acids is 1. The Labute approximate surface area is 172 Å². The van der Waals surface area contributed by atoms with Crippen LogP contribution in [0.3, 0.4) is 0 Å². The first-order chi connectivity index (χ1) is 11.3. The number of aliphatic carboxylic acids is 1. The van der Waals surface area contributed by atoms with Crippen molar-refractivity contribution in [3.05, 3.63) is 47.5 Å². The molecular weight excluding hydrogens is 379 g/mol. The van der Waals surface area contributed by atoms with Crippen LogP contribution < -0.4 is 44.1 Å². The number of ether oxygens (including phenoxy) is 2. The van der Waals surface area contributed by atoms with Gasteiger partial charge >= 0.3 is 29.6 Å². The van der Waals surface area contributed by atoms with Crippen LogP contribution in [0.2, 0.25) is 5.02 Å². The normalized spacial score (nSPS) is 10.6. The molecule has 0 atom stereocenters. The largest absolute Gasteiger partial charge is 1.00 e. The van der Waals surface area contributed by atoms with E-state index in [0.717, 1.165) is 0 Å². The van der Waals surface area contributed by atoms with E-state index in [9.17, 15) is 18.3 Å². The predicted molar refractivity (Wildman–Crippen MR) is 86.2 cm³/mol. The first-order valence-corrected chi connectivity index (χ1v) is 8.97. The zero-order chi connectivity index (χ0) is 17.7. The maximum absolute atomic E-state index is 11.8. The molecule has 2 aromatic carbocycles. The number of hydrogen-bond acceptors (Lipinski definition) is 6. The molecule has 25 heavy (non-hydrogen) atoms. The van der Waals surface area contributed by atoms with Crippen molar-refractivity contribution in [2.45, 2.75) is 11.8 Å². The molecule has 0 radical (unpaired) electrons. The summed E-state index contributed by atoms with van der Waals surface area (Å²) in [6.07, 6.45) is 0. The number of hydrogen-bond donors (Lipinski definition) is 0. The summed E-state index contributed by atoms with van der Waals surface area (Å²) in [5, 5.41) is 10.9. The number of halogens is 1. The number of carbonyl (C=O) groups excluding carboxylic acids is 1. The molecule has 0 unspecified atom stereocenters. The zero-order valence-corrected chi connectivity index (χ0v) is 17.3. The van der Waals surface area contributed by atoms with Crippen molar-refractivity contribution in [1.82, 2.24) is 0 Å². The van der Waals surface area contributed by atoms with Crippen LogP contribution in [-0.4, -0.2) is 26.7 Å². The van der Waals surface area contributed by atoms with Crippen molar-refractivity contribution in [1.29, 1.82) is 0 Å². The minimum Gasteiger partial charge on any atom is -0.546 e. The van der Waals surface area contributed by atoms with Crippen molar-refractivity contribution in [3.63, 3.8) is 0 Å².